The molecule has 2 amide bonds. The molecule has 6 atom stereocenters. The summed E-state index contributed by atoms with van der Waals surface area (Å²) in [5.41, 5.74) is 13.5. The van der Waals surface area contributed by atoms with E-state index in [0.717, 1.165) is 98.6 Å². The van der Waals surface area contributed by atoms with Gasteiger partial charge in [-0.3, -0.25) is 14.5 Å². The molecule has 2 aromatic carbocycles. The van der Waals surface area contributed by atoms with Crippen molar-refractivity contribution >= 4 is 29.0 Å². The van der Waals surface area contributed by atoms with Crippen molar-refractivity contribution in [1.29, 1.82) is 0 Å². The third-order valence-corrected chi connectivity index (χ3v) is 16.5. The molecule has 0 radical (unpaired) electrons. The number of aromatic hydroxyl groups is 1. The number of carbonyl (C=O) groups excluding carboxylic acids is 2. The number of likely N-dealkylation sites (tertiary alicyclic amines) is 2. The number of hydrogen-bond donors (Lipinski definition) is 4. The first-order valence-corrected chi connectivity index (χ1v) is 27.6. The van der Waals surface area contributed by atoms with Crippen molar-refractivity contribution in [3.05, 3.63) is 102 Å². The summed E-state index contributed by atoms with van der Waals surface area (Å²) >= 11 is 0. The first kappa shape index (κ1) is 52.7. The zero-order valence-corrected chi connectivity index (χ0v) is 45.1. The van der Waals surface area contributed by atoms with Crippen LogP contribution < -0.4 is 30.3 Å². The normalized spacial score (nSPS) is 23.3. The molecule has 78 heavy (non-hydrogen) atoms. The molecule has 8 heterocycles. The summed E-state index contributed by atoms with van der Waals surface area (Å²) in [5.74, 6) is 0.316. The largest absolute Gasteiger partial charge is 0.507 e. The van der Waals surface area contributed by atoms with E-state index < -0.39 is 18.1 Å². The summed E-state index contributed by atoms with van der Waals surface area (Å²) in [6.07, 6.45) is 9.00. The van der Waals surface area contributed by atoms with Crippen molar-refractivity contribution in [2.75, 3.05) is 61.4 Å². The molecule has 6 aromatic rings. The highest BCUT2D eigenvalue weighted by atomic mass is 16.5. The average molecular weight is 1070 g/mol. The second kappa shape index (κ2) is 22.6. The number of aliphatic hydroxyl groups excluding tert-OH is 1. The number of hydrogen-bond acceptors (Lipinski definition) is 17. The highest BCUT2D eigenvalue weighted by Gasteiger charge is 2.45. The maximum absolute atomic E-state index is 14.3. The number of nitrogens with one attached hydrogen (secondary N) is 1. The monoisotopic (exact) mass is 1060 g/mol. The molecule has 5 N–H and O–H groups in total. The number of anilines is 3. The van der Waals surface area contributed by atoms with Crippen molar-refractivity contribution in [3.63, 3.8) is 0 Å². The number of benzene rings is 2. The van der Waals surface area contributed by atoms with Crippen molar-refractivity contribution in [1.82, 2.24) is 45.0 Å². The van der Waals surface area contributed by atoms with Crippen molar-refractivity contribution in [2.45, 2.75) is 127 Å². The Morgan fingerprint density at radius 1 is 0.872 bits per heavy atom. The van der Waals surface area contributed by atoms with Crippen LogP contribution in [0.3, 0.4) is 0 Å². The van der Waals surface area contributed by atoms with Crippen LogP contribution in [0.2, 0.25) is 0 Å². The first-order chi connectivity index (χ1) is 37.7. The predicted octanol–water partition coefficient (Wildman–Crippen LogP) is 6.43. The summed E-state index contributed by atoms with van der Waals surface area (Å²) in [6.45, 7) is 12.3. The third kappa shape index (κ3) is 11.2. The summed E-state index contributed by atoms with van der Waals surface area (Å²) in [5, 5.41) is 37.0. The molecular weight excluding hydrogens is 993 g/mol. The van der Waals surface area contributed by atoms with E-state index >= 15 is 0 Å². The van der Waals surface area contributed by atoms with Crippen molar-refractivity contribution in [3.8, 4) is 40.0 Å². The maximum Gasteiger partial charge on any atom is 0.254 e. The second-order valence-electron chi connectivity index (χ2n) is 22.3. The molecule has 11 rings (SSSR count). The van der Waals surface area contributed by atoms with Crippen LogP contribution in [-0.4, -0.2) is 150 Å². The van der Waals surface area contributed by atoms with Gasteiger partial charge in [0, 0.05) is 113 Å². The Hall–Kier alpha value is -7.29. The number of aryl methyl sites for hydroxylation is 2. The number of fused-ring (bicyclic) bond motifs is 2. The third-order valence-electron chi connectivity index (χ3n) is 16.5. The predicted molar refractivity (Wildman–Crippen MR) is 293 cm³/mol. The minimum atomic E-state index is -0.837. The zero-order chi connectivity index (χ0) is 54.2. The highest BCUT2D eigenvalue weighted by molar-refractivity contribution is 5.91. The van der Waals surface area contributed by atoms with Gasteiger partial charge < -0.3 is 59.3 Å². The molecule has 5 fully saturated rings. The minimum Gasteiger partial charge on any atom is -0.507 e. The molecule has 412 valence electrons. The van der Waals surface area contributed by atoms with Crippen LogP contribution in [0.25, 0.3) is 22.5 Å². The lowest BCUT2D eigenvalue weighted by molar-refractivity contribution is -0.141. The molecular formula is C58H72N12O8. The van der Waals surface area contributed by atoms with Gasteiger partial charge in [-0.15, -0.1) is 10.2 Å². The number of aliphatic hydroxyl groups is 1. The van der Waals surface area contributed by atoms with E-state index in [1.54, 1.807) is 24.5 Å². The molecule has 5 aliphatic rings. The summed E-state index contributed by atoms with van der Waals surface area (Å²) in [7, 11) is 1.96. The van der Waals surface area contributed by atoms with Crippen molar-refractivity contribution in [2.24, 2.45) is 13.0 Å². The Morgan fingerprint density at radius 3 is 2.35 bits per heavy atom. The van der Waals surface area contributed by atoms with Crippen LogP contribution in [0, 0.1) is 12.8 Å². The quantitative estimate of drug-likeness (QED) is 0.0726. The van der Waals surface area contributed by atoms with E-state index in [9.17, 15) is 19.8 Å². The van der Waals surface area contributed by atoms with Crippen LogP contribution in [0.4, 0.5) is 17.2 Å². The minimum absolute atomic E-state index is 0.0487. The molecule has 4 aromatic heterocycles. The number of piperazine rings is 1. The van der Waals surface area contributed by atoms with Gasteiger partial charge in [0.25, 0.3) is 5.88 Å². The van der Waals surface area contributed by atoms with Gasteiger partial charge in [0.1, 0.15) is 30.4 Å². The molecule has 0 spiro atoms. The van der Waals surface area contributed by atoms with Crippen molar-refractivity contribution < 1.29 is 38.5 Å². The van der Waals surface area contributed by atoms with E-state index in [0.29, 0.717) is 47.7 Å². The lowest BCUT2D eigenvalue weighted by Gasteiger charge is -2.43. The van der Waals surface area contributed by atoms with Crippen LogP contribution in [0.15, 0.2) is 89.8 Å². The standard InChI is InChI=1S/C58H72N12O8/c1-34(2)54(58(74)69-32-42(71)25-49(69)57(73)62-35(3)37-10-12-38(13-11-37)55-36(4)61-33-66(55)5)51-29-53(65-78-51)75-23-22-67-20-17-43(18-21-67)76-44-26-45(27-44)77-52-24-39(16-19-60-52)70-40-14-15-41(70)31-68(30-40)48-28-47(63-64-56(48)59)46-8-6-7-9-50(46)72/h6-13,16,19,24,28-29,33-35,40-45,49,54,71-72H,14-15,17-18,20-23,25-27,30-32H2,1-5H3,(H2,59,64)(H,62,73)/t35-,40?,41?,42+,44-,45-,49-,54+/m0/s1. The second-order valence-corrected chi connectivity index (χ2v) is 22.3. The van der Waals surface area contributed by atoms with E-state index in [1.165, 1.54) is 4.90 Å². The van der Waals surface area contributed by atoms with E-state index in [2.05, 4.69) is 57.5 Å². The van der Waals surface area contributed by atoms with Crippen LogP contribution in [0.5, 0.6) is 17.5 Å². The number of pyridine rings is 1. The Morgan fingerprint density at radius 2 is 1.63 bits per heavy atom. The van der Waals surface area contributed by atoms with Gasteiger partial charge in [0.15, 0.2) is 11.6 Å². The molecule has 4 saturated heterocycles. The summed E-state index contributed by atoms with van der Waals surface area (Å²) in [4.78, 5) is 45.7. The molecule has 1 aliphatic carbocycles. The Labute approximate surface area is 454 Å². The number of aromatic nitrogens is 6. The molecule has 4 aliphatic heterocycles. The lowest BCUT2D eigenvalue weighted by Crippen LogP contribution is -2.54. The summed E-state index contributed by atoms with van der Waals surface area (Å²) < 4.78 is 26.8. The number of imidazole rings is 1. The maximum atomic E-state index is 14.3. The van der Waals surface area contributed by atoms with Gasteiger partial charge in [-0.05, 0) is 80.4 Å². The molecule has 2 bridgehead atoms. The molecule has 2 unspecified atom stereocenters. The number of rotatable bonds is 18. The number of β-amino-alcohol motifs (C(OH)–C–C–N with tert-alkyl or cyclic N) is 1. The van der Waals surface area contributed by atoms with Crippen LogP contribution >= 0.6 is 0 Å². The van der Waals surface area contributed by atoms with Crippen LogP contribution in [-0.2, 0) is 21.4 Å². The average Bonchev–Trinajstić information content (AvgIpc) is 4.29. The number of amides is 2. The first-order valence-electron chi connectivity index (χ1n) is 27.6. The highest BCUT2D eigenvalue weighted by Crippen LogP contribution is 2.41. The topological polar surface area (TPSA) is 236 Å². The number of nitrogens with zero attached hydrogens (tertiary/aromatic N) is 10. The number of ether oxygens (including phenoxy) is 3. The number of piperidine rings is 1. The van der Waals surface area contributed by atoms with Gasteiger partial charge in [-0.1, -0.05) is 50.2 Å². The Bertz CT molecular complexity index is 3030. The Balaban J connectivity index is 0.602. The summed E-state index contributed by atoms with van der Waals surface area (Å²) in [6, 6.07) is 22.3. The fraction of sp³-hybridized carbons (Fsp3) is 0.500. The number of phenols is 1. The number of carbonyl (C=O) groups is 2. The van der Waals surface area contributed by atoms with E-state index in [1.807, 2.05) is 88.0 Å². The molecule has 20 heteroatoms. The smallest absolute Gasteiger partial charge is 0.254 e. The van der Waals surface area contributed by atoms with Gasteiger partial charge in [-0.25, -0.2) is 9.97 Å². The fourth-order valence-electron chi connectivity index (χ4n) is 12.3. The van der Waals surface area contributed by atoms with E-state index in [4.69, 9.17) is 24.5 Å². The van der Waals surface area contributed by atoms with Gasteiger partial charge in [-0.2, -0.15) is 0 Å². The van der Waals surface area contributed by atoms with Gasteiger partial charge in [0.2, 0.25) is 17.7 Å². The fourth-order valence-corrected chi connectivity index (χ4v) is 12.3. The molecule has 20 nitrogen and oxygen atoms in total. The SMILES string of the molecule is Cc1ncn(C)c1-c1ccc([C@H](C)NC(=O)[C@@H]2C[C@@H](O)CN2C(=O)[C@@H](c2cc(OCCN3CCC(O[C@H]4C[C@H](Oc5cc(N6C7CCC6CN(c6cc(-c8ccccc8O)nnc6N)C7)ccn5)C4)CC3)no2)C(C)C)cc1. The number of para-hydroxylation sites is 1. The number of phenolic OH excluding ortho intramolecular Hbond substituents is 1. The van der Waals surface area contributed by atoms with Gasteiger partial charge >= 0.3 is 0 Å². The number of nitrogens with two attached hydrogens (primary N) is 1. The van der Waals surface area contributed by atoms with Gasteiger partial charge in [0.05, 0.1) is 53.5 Å². The van der Waals surface area contributed by atoms with E-state index in [-0.39, 0.29) is 72.9 Å². The number of nitrogen functional groups attached to an aromatic ring is 1. The Kier molecular flexibility index (Phi) is 15.3. The van der Waals surface area contributed by atoms with Crippen LogP contribution in [0.1, 0.15) is 94.7 Å². The lowest BCUT2D eigenvalue weighted by atomic mass is 9.91. The zero-order valence-electron chi connectivity index (χ0n) is 45.1. The molecule has 1 saturated carbocycles.